The maximum Gasteiger partial charge on any atom is 0.338 e. The smallest absolute Gasteiger partial charge is 0.338 e. The molecule has 122 valence electrons. The van der Waals surface area contributed by atoms with Crippen LogP contribution >= 0.6 is 0 Å². The predicted molar refractivity (Wildman–Crippen MR) is 83.6 cm³/mol. The summed E-state index contributed by atoms with van der Waals surface area (Å²) in [7, 11) is 2.49. The first-order valence-corrected chi connectivity index (χ1v) is 6.96. The Labute approximate surface area is 137 Å². The van der Waals surface area contributed by atoms with Gasteiger partial charge in [0.1, 0.15) is 0 Å². The molecule has 0 bridgehead atoms. The number of ether oxygens (including phenoxy) is 2. The van der Waals surface area contributed by atoms with Crippen LogP contribution in [0.1, 0.15) is 31.1 Å². The van der Waals surface area contributed by atoms with Crippen LogP contribution in [0, 0.1) is 0 Å². The second kappa shape index (κ2) is 5.69. The molecule has 1 aliphatic heterocycles. The highest BCUT2D eigenvalue weighted by Crippen LogP contribution is 2.41. The number of carbonyl (C=O) groups excluding carboxylic acids is 3. The average molecular weight is 327 g/mol. The van der Waals surface area contributed by atoms with Crippen LogP contribution in [0.3, 0.4) is 0 Å². The van der Waals surface area contributed by atoms with Crippen molar-refractivity contribution >= 4 is 23.5 Å². The van der Waals surface area contributed by atoms with Crippen LogP contribution in [0.2, 0.25) is 0 Å². The fourth-order valence-electron chi connectivity index (χ4n) is 2.56. The summed E-state index contributed by atoms with van der Waals surface area (Å²) in [5.74, 6) is -2.33. The molecule has 7 nitrogen and oxygen atoms in total. The van der Waals surface area contributed by atoms with E-state index in [4.69, 9.17) is 4.74 Å². The highest BCUT2D eigenvalue weighted by atomic mass is 16.5. The Kier molecular flexibility index (Phi) is 3.69. The molecule has 0 fully saturated rings. The van der Waals surface area contributed by atoms with Gasteiger partial charge in [0.2, 0.25) is 0 Å². The van der Waals surface area contributed by atoms with E-state index in [1.807, 2.05) is 0 Å². The average Bonchev–Trinajstić information content (AvgIpc) is 2.86. The maximum absolute atomic E-state index is 12.5. The molecule has 0 unspecified atom stereocenters. The Balaban J connectivity index is 2.18. The van der Waals surface area contributed by atoms with Gasteiger partial charge in [0, 0.05) is 0 Å². The van der Waals surface area contributed by atoms with Crippen molar-refractivity contribution in [1.82, 2.24) is 0 Å². The number of imide groups is 1. The number of nitrogens with zero attached hydrogens (tertiary/aromatic N) is 1. The Morgan fingerprint density at radius 2 is 1.62 bits per heavy atom. The van der Waals surface area contributed by atoms with Crippen molar-refractivity contribution in [3.8, 4) is 11.5 Å². The number of esters is 1. The van der Waals surface area contributed by atoms with Gasteiger partial charge in [-0.15, -0.1) is 0 Å². The zero-order valence-electron chi connectivity index (χ0n) is 12.9. The second-order valence-electron chi connectivity index (χ2n) is 5.03. The Bertz CT molecular complexity index is 838. The third-order valence-corrected chi connectivity index (χ3v) is 3.73. The number of benzene rings is 2. The quantitative estimate of drug-likeness (QED) is 0.684. The Morgan fingerprint density at radius 3 is 2.12 bits per heavy atom. The lowest BCUT2D eigenvalue weighted by molar-refractivity contribution is 0.0599. The summed E-state index contributed by atoms with van der Waals surface area (Å²) >= 11 is 0. The minimum absolute atomic E-state index is 0.0405. The first-order chi connectivity index (χ1) is 11.5. The summed E-state index contributed by atoms with van der Waals surface area (Å²) in [6.07, 6.45) is 0. The summed E-state index contributed by atoms with van der Waals surface area (Å²) in [5.41, 5.74) is 0.355. The summed E-state index contributed by atoms with van der Waals surface area (Å²) in [5, 5.41) is 10.3. The lowest BCUT2D eigenvalue weighted by atomic mass is 10.1. The second-order valence-corrected chi connectivity index (χ2v) is 5.03. The SMILES string of the molecule is COC(=O)c1cc(OC)c(O)c(N2C(=O)c3ccccc3C2=O)c1. The molecule has 0 spiro atoms. The van der Waals surface area contributed by atoms with Crippen molar-refractivity contribution in [2.45, 2.75) is 0 Å². The van der Waals surface area contributed by atoms with E-state index in [2.05, 4.69) is 4.74 Å². The van der Waals surface area contributed by atoms with E-state index >= 15 is 0 Å². The molecule has 1 aliphatic rings. The molecule has 2 amide bonds. The van der Waals surface area contributed by atoms with Crippen LogP contribution < -0.4 is 9.64 Å². The first-order valence-electron chi connectivity index (χ1n) is 6.96. The number of anilines is 1. The van der Waals surface area contributed by atoms with Crippen LogP contribution in [-0.4, -0.2) is 37.1 Å². The number of hydrogen-bond acceptors (Lipinski definition) is 6. The zero-order chi connectivity index (χ0) is 17.4. The van der Waals surface area contributed by atoms with Crippen LogP contribution in [0.15, 0.2) is 36.4 Å². The molecule has 0 aliphatic carbocycles. The molecule has 0 radical (unpaired) electrons. The van der Waals surface area contributed by atoms with Gasteiger partial charge >= 0.3 is 5.97 Å². The lowest BCUT2D eigenvalue weighted by Crippen LogP contribution is -2.29. The minimum atomic E-state index is -0.689. The van der Waals surface area contributed by atoms with Crippen molar-refractivity contribution in [2.75, 3.05) is 19.1 Å². The maximum atomic E-state index is 12.5. The summed E-state index contributed by atoms with van der Waals surface area (Å²) in [4.78, 5) is 37.7. The number of methoxy groups -OCH3 is 2. The van der Waals surface area contributed by atoms with E-state index in [-0.39, 0.29) is 28.1 Å². The van der Waals surface area contributed by atoms with Gasteiger partial charge in [-0.05, 0) is 24.3 Å². The molecular weight excluding hydrogens is 314 g/mol. The molecule has 2 aromatic carbocycles. The van der Waals surface area contributed by atoms with Gasteiger partial charge in [-0.3, -0.25) is 9.59 Å². The molecule has 1 N–H and O–H groups in total. The highest BCUT2D eigenvalue weighted by Gasteiger charge is 2.38. The molecule has 2 aromatic rings. The van der Waals surface area contributed by atoms with Crippen LogP contribution in [-0.2, 0) is 4.74 Å². The van der Waals surface area contributed by atoms with Crippen LogP contribution in [0.25, 0.3) is 0 Å². The number of hydrogen-bond donors (Lipinski definition) is 1. The standard InChI is InChI=1S/C17H13NO6/c1-23-13-8-9(17(22)24-2)7-12(14(13)19)18-15(20)10-5-3-4-6-11(10)16(18)21/h3-8,19H,1-2H3. The van der Waals surface area contributed by atoms with Crippen LogP contribution in [0.4, 0.5) is 5.69 Å². The van der Waals surface area contributed by atoms with E-state index in [9.17, 15) is 19.5 Å². The molecular formula is C17H13NO6. The number of fused-ring (bicyclic) bond motifs is 1. The monoisotopic (exact) mass is 327 g/mol. The molecule has 0 atom stereocenters. The fraction of sp³-hybridized carbons (Fsp3) is 0.118. The van der Waals surface area contributed by atoms with Crippen molar-refractivity contribution in [3.05, 3.63) is 53.1 Å². The third-order valence-electron chi connectivity index (χ3n) is 3.73. The van der Waals surface area contributed by atoms with Gasteiger partial charge in [-0.25, -0.2) is 9.69 Å². The van der Waals surface area contributed by atoms with Crippen LogP contribution in [0.5, 0.6) is 11.5 Å². The van der Waals surface area contributed by atoms with E-state index < -0.39 is 23.5 Å². The Hall–Kier alpha value is -3.35. The fourth-order valence-corrected chi connectivity index (χ4v) is 2.56. The van der Waals surface area contributed by atoms with Crippen molar-refractivity contribution < 1.29 is 29.0 Å². The van der Waals surface area contributed by atoms with E-state index in [1.165, 1.54) is 38.5 Å². The first kappa shape index (κ1) is 15.5. The van der Waals surface area contributed by atoms with E-state index in [1.54, 1.807) is 12.1 Å². The lowest BCUT2D eigenvalue weighted by Gasteiger charge is -2.18. The van der Waals surface area contributed by atoms with Gasteiger partial charge in [0.05, 0.1) is 36.6 Å². The number of phenols is 1. The van der Waals surface area contributed by atoms with E-state index in [0.717, 1.165) is 4.90 Å². The zero-order valence-corrected chi connectivity index (χ0v) is 12.9. The number of carbonyl (C=O) groups is 3. The van der Waals surface area contributed by atoms with Gasteiger partial charge in [-0.1, -0.05) is 12.1 Å². The summed E-state index contributed by atoms with van der Waals surface area (Å²) in [6, 6.07) is 8.80. The summed E-state index contributed by atoms with van der Waals surface area (Å²) in [6.45, 7) is 0. The summed E-state index contributed by atoms with van der Waals surface area (Å²) < 4.78 is 9.67. The minimum Gasteiger partial charge on any atom is -0.503 e. The molecule has 0 saturated carbocycles. The van der Waals surface area contributed by atoms with Crippen molar-refractivity contribution in [3.63, 3.8) is 0 Å². The van der Waals surface area contributed by atoms with Gasteiger partial charge < -0.3 is 14.6 Å². The molecule has 3 rings (SSSR count). The van der Waals surface area contributed by atoms with Gasteiger partial charge in [0.15, 0.2) is 11.5 Å². The molecule has 24 heavy (non-hydrogen) atoms. The van der Waals surface area contributed by atoms with E-state index in [0.29, 0.717) is 0 Å². The highest BCUT2D eigenvalue weighted by molar-refractivity contribution is 6.35. The Morgan fingerprint density at radius 1 is 1.04 bits per heavy atom. The molecule has 0 aromatic heterocycles. The molecule has 7 heteroatoms. The normalized spacial score (nSPS) is 13.0. The molecule has 0 saturated heterocycles. The largest absolute Gasteiger partial charge is 0.503 e. The number of phenolic OH excluding ortho intramolecular Hbond substituents is 1. The van der Waals surface area contributed by atoms with Gasteiger partial charge in [-0.2, -0.15) is 0 Å². The number of amides is 2. The number of rotatable bonds is 3. The number of aromatic hydroxyl groups is 1. The topological polar surface area (TPSA) is 93.1 Å². The third kappa shape index (κ3) is 2.18. The predicted octanol–water partition coefficient (Wildman–Crippen LogP) is 1.99. The van der Waals surface area contributed by atoms with Gasteiger partial charge in [0.25, 0.3) is 11.8 Å². The molecule has 1 heterocycles. The van der Waals surface area contributed by atoms with Crippen molar-refractivity contribution in [2.24, 2.45) is 0 Å². The van der Waals surface area contributed by atoms with Crippen molar-refractivity contribution in [1.29, 1.82) is 0 Å².